The van der Waals surface area contributed by atoms with Crippen LogP contribution in [0, 0.1) is 5.82 Å². The first-order chi connectivity index (χ1) is 15.0. The zero-order chi connectivity index (χ0) is 21.8. The van der Waals surface area contributed by atoms with E-state index in [1.807, 2.05) is 42.5 Å². The Labute approximate surface area is 179 Å². The Hall–Kier alpha value is -3.87. The van der Waals surface area contributed by atoms with Crippen molar-refractivity contribution in [3.63, 3.8) is 0 Å². The number of hydrogen-bond acceptors (Lipinski definition) is 5. The number of hydrazone groups is 1. The number of Topliss-reactive ketones (excluding diaryl/α,β-unsaturated/α-hetero) is 1. The van der Waals surface area contributed by atoms with Gasteiger partial charge >= 0.3 is 0 Å². The number of hydrogen-bond donors (Lipinski definition) is 0. The molecule has 1 amide bonds. The van der Waals surface area contributed by atoms with Crippen LogP contribution in [0.2, 0.25) is 0 Å². The van der Waals surface area contributed by atoms with Gasteiger partial charge in [-0.1, -0.05) is 24.3 Å². The standard InChI is InChI=1S/C24H21FN4O2/c1-17(30)23-15-22(27-29(23)21-8-3-2-4-9-21)24(31)28(16-19-7-5-6-14-26-19)20-12-10-18(25)11-13-20/h2-14,23H,15-16H2,1H3. The lowest BCUT2D eigenvalue weighted by Crippen LogP contribution is -2.37. The number of anilines is 2. The van der Waals surface area contributed by atoms with Crippen molar-refractivity contribution < 1.29 is 14.0 Å². The van der Waals surface area contributed by atoms with Crippen LogP contribution in [0.4, 0.5) is 15.8 Å². The maximum Gasteiger partial charge on any atom is 0.274 e. The lowest BCUT2D eigenvalue weighted by atomic mass is 10.1. The molecule has 0 saturated heterocycles. The van der Waals surface area contributed by atoms with Crippen LogP contribution in [0.25, 0.3) is 0 Å². The van der Waals surface area contributed by atoms with Crippen molar-refractivity contribution in [2.24, 2.45) is 5.10 Å². The van der Waals surface area contributed by atoms with E-state index in [0.29, 0.717) is 11.4 Å². The quantitative estimate of drug-likeness (QED) is 0.610. The molecule has 0 N–H and O–H groups in total. The molecule has 4 rings (SSSR count). The molecule has 0 radical (unpaired) electrons. The van der Waals surface area contributed by atoms with E-state index in [0.717, 1.165) is 5.69 Å². The van der Waals surface area contributed by atoms with Crippen LogP contribution in [0.15, 0.2) is 84.1 Å². The first kappa shape index (κ1) is 20.4. The Morgan fingerprint density at radius 1 is 1.03 bits per heavy atom. The van der Waals surface area contributed by atoms with Gasteiger partial charge in [-0.15, -0.1) is 0 Å². The molecule has 7 heteroatoms. The summed E-state index contributed by atoms with van der Waals surface area (Å²) >= 11 is 0. The van der Waals surface area contributed by atoms with E-state index in [-0.39, 0.29) is 36.2 Å². The average Bonchev–Trinajstić information content (AvgIpc) is 3.25. The van der Waals surface area contributed by atoms with Crippen molar-refractivity contribution in [3.8, 4) is 0 Å². The summed E-state index contributed by atoms with van der Waals surface area (Å²) in [5.41, 5.74) is 2.21. The number of carbonyl (C=O) groups excluding carboxylic acids is 2. The van der Waals surface area contributed by atoms with Crippen molar-refractivity contribution >= 4 is 28.8 Å². The molecule has 1 aliphatic heterocycles. The summed E-state index contributed by atoms with van der Waals surface area (Å²) in [6.45, 7) is 1.69. The van der Waals surface area contributed by atoms with Gasteiger partial charge in [0.1, 0.15) is 17.6 Å². The molecule has 1 atom stereocenters. The second-order valence-electron chi connectivity index (χ2n) is 7.25. The molecule has 1 unspecified atom stereocenters. The lowest BCUT2D eigenvalue weighted by Gasteiger charge is -2.22. The summed E-state index contributed by atoms with van der Waals surface area (Å²) in [5.74, 6) is -0.811. The van der Waals surface area contributed by atoms with Crippen molar-refractivity contribution in [1.82, 2.24) is 4.98 Å². The maximum absolute atomic E-state index is 13.5. The van der Waals surface area contributed by atoms with Gasteiger partial charge in [-0.2, -0.15) is 5.10 Å². The fourth-order valence-electron chi connectivity index (χ4n) is 3.49. The zero-order valence-electron chi connectivity index (χ0n) is 17.0. The summed E-state index contributed by atoms with van der Waals surface area (Å²) in [5, 5.41) is 6.11. The molecule has 0 saturated carbocycles. The van der Waals surface area contributed by atoms with Crippen molar-refractivity contribution in [1.29, 1.82) is 0 Å². The zero-order valence-corrected chi connectivity index (χ0v) is 17.0. The highest BCUT2D eigenvalue weighted by molar-refractivity contribution is 6.44. The minimum atomic E-state index is -0.550. The fraction of sp³-hybridized carbons (Fsp3) is 0.167. The summed E-state index contributed by atoms with van der Waals surface area (Å²) < 4.78 is 13.5. The maximum atomic E-state index is 13.5. The van der Waals surface area contributed by atoms with Gasteiger partial charge < -0.3 is 4.90 Å². The molecule has 0 fully saturated rings. The summed E-state index contributed by atoms with van der Waals surface area (Å²) in [7, 11) is 0. The molecule has 0 bridgehead atoms. The smallest absolute Gasteiger partial charge is 0.274 e. The van der Waals surface area contributed by atoms with E-state index in [9.17, 15) is 14.0 Å². The SMILES string of the molecule is CC(=O)C1CC(C(=O)N(Cc2ccccn2)c2ccc(F)cc2)=NN1c1ccccc1. The van der Waals surface area contributed by atoms with Crippen LogP contribution < -0.4 is 9.91 Å². The van der Waals surface area contributed by atoms with Gasteiger partial charge in [0.15, 0.2) is 5.78 Å². The molecule has 2 heterocycles. The second-order valence-corrected chi connectivity index (χ2v) is 7.25. The molecule has 3 aromatic rings. The number of halogens is 1. The van der Waals surface area contributed by atoms with Crippen LogP contribution in [-0.2, 0) is 16.1 Å². The fourth-order valence-corrected chi connectivity index (χ4v) is 3.49. The Balaban J connectivity index is 1.68. The van der Waals surface area contributed by atoms with E-state index in [1.54, 1.807) is 29.4 Å². The van der Waals surface area contributed by atoms with Crippen LogP contribution >= 0.6 is 0 Å². The van der Waals surface area contributed by atoms with Gasteiger partial charge in [-0.05, 0) is 55.5 Å². The van der Waals surface area contributed by atoms with Crippen molar-refractivity contribution in [2.45, 2.75) is 25.9 Å². The molecular formula is C24H21FN4O2. The van der Waals surface area contributed by atoms with Gasteiger partial charge in [0, 0.05) is 18.3 Å². The van der Waals surface area contributed by atoms with Gasteiger partial charge in [-0.3, -0.25) is 19.6 Å². The number of benzene rings is 2. The third-order valence-corrected chi connectivity index (χ3v) is 5.08. The molecule has 0 spiro atoms. The van der Waals surface area contributed by atoms with Crippen LogP contribution in [0.3, 0.4) is 0 Å². The van der Waals surface area contributed by atoms with E-state index in [4.69, 9.17) is 0 Å². The minimum Gasteiger partial charge on any atom is -0.301 e. The molecule has 156 valence electrons. The summed E-state index contributed by atoms with van der Waals surface area (Å²) in [4.78, 5) is 31.6. The number of para-hydroxylation sites is 1. The van der Waals surface area contributed by atoms with Crippen LogP contribution in [-0.4, -0.2) is 28.4 Å². The normalized spacial score (nSPS) is 15.5. The lowest BCUT2D eigenvalue weighted by molar-refractivity contribution is -0.118. The third kappa shape index (κ3) is 4.50. The highest BCUT2D eigenvalue weighted by Crippen LogP contribution is 2.27. The van der Waals surface area contributed by atoms with Gasteiger partial charge in [-0.25, -0.2) is 4.39 Å². The monoisotopic (exact) mass is 416 g/mol. The first-order valence-corrected chi connectivity index (χ1v) is 9.92. The van der Waals surface area contributed by atoms with E-state index >= 15 is 0 Å². The molecule has 1 aromatic heterocycles. The average molecular weight is 416 g/mol. The predicted molar refractivity (Wildman–Crippen MR) is 117 cm³/mol. The third-order valence-electron chi connectivity index (χ3n) is 5.08. The Kier molecular flexibility index (Phi) is 5.84. The number of pyridine rings is 1. The number of rotatable bonds is 6. The topological polar surface area (TPSA) is 65.9 Å². The Morgan fingerprint density at radius 2 is 1.74 bits per heavy atom. The van der Waals surface area contributed by atoms with Gasteiger partial charge in [0.2, 0.25) is 0 Å². The van der Waals surface area contributed by atoms with Crippen LogP contribution in [0.1, 0.15) is 19.0 Å². The molecule has 0 aliphatic carbocycles. The van der Waals surface area contributed by atoms with E-state index in [1.165, 1.54) is 24.0 Å². The number of ketones is 1. The number of aromatic nitrogens is 1. The Bertz CT molecular complexity index is 1100. The molecule has 6 nitrogen and oxygen atoms in total. The second kappa shape index (κ2) is 8.87. The molecular weight excluding hydrogens is 395 g/mol. The van der Waals surface area contributed by atoms with Gasteiger partial charge in [0.05, 0.1) is 17.9 Å². The minimum absolute atomic E-state index is 0.0755. The highest BCUT2D eigenvalue weighted by atomic mass is 19.1. The van der Waals surface area contributed by atoms with E-state index < -0.39 is 6.04 Å². The molecule has 1 aliphatic rings. The largest absolute Gasteiger partial charge is 0.301 e. The summed E-state index contributed by atoms with van der Waals surface area (Å²) in [6.07, 6.45) is 1.85. The highest BCUT2D eigenvalue weighted by Gasteiger charge is 2.36. The number of nitrogens with zero attached hydrogens (tertiary/aromatic N) is 4. The molecule has 2 aromatic carbocycles. The van der Waals surface area contributed by atoms with E-state index in [2.05, 4.69) is 10.1 Å². The van der Waals surface area contributed by atoms with Crippen molar-refractivity contribution in [3.05, 3.63) is 90.5 Å². The summed E-state index contributed by atoms with van der Waals surface area (Å²) in [6, 6.07) is 19.9. The van der Waals surface area contributed by atoms with Crippen molar-refractivity contribution in [2.75, 3.05) is 9.91 Å². The van der Waals surface area contributed by atoms with Crippen LogP contribution in [0.5, 0.6) is 0 Å². The predicted octanol–water partition coefficient (Wildman–Crippen LogP) is 3.98. The van der Waals surface area contributed by atoms with Gasteiger partial charge in [0.25, 0.3) is 5.91 Å². The Morgan fingerprint density at radius 3 is 2.39 bits per heavy atom. The first-order valence-electron chi connectivity index (χ1n) is 9.92. The molecule has 31 heavy (non-hydrogen) atoms. The number of carbonyl (C=O) groups is 2. The number of amides is 1.